The number of carbonyl (C=O) groups is 1. The van der Waals surface area contributed by atoms with Crippen LogP contribution in [0, 0.1) is 0 Å². The normalized spacial score (nSPS) is 12.9. The molecule has 1 atom stereocenters. The molecule has 0 spiro atoms. The zero-order valence-corrected chi connectivity index (χ0v) is 13.4. The molecule has 1 unspecified atom stereocenters. The van der Waals surface area contributed by atoms with Gasteiger partial charge in [0.05, 0.1) is 18.0 Å². The Morgan fingerprint density at radius 1 is 1.14 bits per heavy atom. The van der Waals surface area contributed by atoms with E-state index in [1.807, 2.05) is 0 Å². The highest BCUT2D eigenvalue weighted by Crippen LogP contribution is 2.30. The number of hydrogen-bond acceptors (Lipinski definition) is 4. The maximum absolute atomic E-state index is 12.5. The maximum Gasteiger partial charge on any atom is 0.241 e. The molecule has 0 saturated heterocycles. The molecule has 0 aliphatic carbocycles. The van der Waals surface area contributed by atoms with Gasteiger partial charge in [-0.15, -0.1) is 0 Å². The molecule has 0 radical (unpaired) electrons. The second-order valence-corrected chi connectivity index (χ2v) is 6.45. The number of methoxy groups -OCH3 is 1. The predicted octanol–water partition coefficient (Wildman–Crippen LogP) is 1.26. The first-order valence-corrected chi connectivity index (χ1v) is 8.18. The number of hydrogen-bond donors (Lipinski definition) is 2. The topological polar surface area (TPSA) is 84.5 Å². The lowest BCUT2D eigenvalue weighted by atomic mass is 10.1. The second-order valence-electron chi connectivity index (χ2n) is 4.77. The van der Waals surface area contributed by atoms with Gasteiger partial charge in [-0.05, 0) is 19.1 Å². The van der Waals surface area contributed by atoms with Crippen molar-refractivity contribution in [1.29, 1.82) is 0 Å². The molecule has 2 N–H and O–H groups in total. The fourth-order valence-electron chi connectivity index (χ4n) is 2.23. The molecule has 118 valence electrons. The van der Waals surface area contributed by atoms with Gasteiger partial charge in [-0.25, -0.2) is 8.42 Å². The van der Waals surface area contributed by atoms with Crippen molar-refractivity contribution in [3.63, 3.8) is 0 Å². The quantitative estimate of drug-likeness (QED) is 0.868. The van der Waals surface area contributed by atoms with Gasteiger partial charge in [0.15, 0.2) is 0 Å². The van der Waals surface area contributed by atoms with Gasteiger partial charge < -0.3 is 10.1 Å². The number of rotatable bonds is 5. The third kappa shape index (κ3) is 3.05. The Bertz CT molecular complexity index is 802. The van der Waals surface area contributed by atoms with E-state index >= 15 is 0 Å². The summed E-state index contributed by atoms with van der Waals surface area (Å²) < 4.78 is 32.7. The van der Waals surface area contributed by atoms with Gasteiger partial charge in [0, 0.05) is 17.8 Å². The fourth-order valence-corrected chi connectivity index (χ4v) is 3.66. The molecule has 0 aromatic heterocycles. The fraction of sp³-hybridized carbons (Fsp3) is 0.267. The van der Waals surface area contributed by atoms with Gasteiger partial charge in [0.2, 0.25) is 15.9 Å². The molecule has 0 bridgehead atoms. The number of sulfonamides is 1. The highest BCUT2D eigenvalue weighted by Gasteiger charge is 2.23. The number of nitrogens with one attached hydrogen (secondary N) is 2. The standard InChI is InChI=1S/C15H18N2O4S/c1-10(15(18)16-2)17-22(19,20)14-9-5-6-11-12(14)7-4-8-13(11)21-3/h4-10,17H,1-3H3,(H,16,18). The molecule has 0 saturated carbocycles. The van der Waals surface area contributed by atoms with Crippen LogP contribution >= 0.6 is 0 Å². The lowest BCUT2D eigenvalue weighted by molar-refractivity contribution is -0.121. The average Bonchev–Trinajstić information content (AvgIpc) is 2.52. The molecule has 7 heteroatoms. The van der Waals surface area contributed by atoms with Crippen LogP contribution in [0.1, 0.15) is 6.92 Å². The summed E-state index contributed by atoms with van der Waals surface area (Å²) in [7, 11) is -0.849. The zero-order valence-electron chi connectivity index (χ0n) is 12.6. The minimum atomic E-state index is -3.83. The number of amides is 1. The lowest BCUT2D eigenvalue weighted by Crippen LogP contribution is -2.43. The Morgan fingerprint density at radius 3 is 2.41 bits per heavy atom. The SMILES string of the molecule is CNC(=O)C(C)NS(=O)(=O)c1cccc2c(OC)cccc12. The highest BCUT2D eigenvalue weighted by atomic mass is 32.2. The summed E-state index contributed by atoms with van der Waals surface area (Å²) in [6, 6.07) is 9.26. The Morgan fingerprint density at radius 2 is 1.77 bits per heavy atom. The molecule has 2 aromatic carbocycles. The Balaban J connectivity index is 2.52. The molecule has 2 aromatic rings. The van der Waals surface area contributed by atoms with E-state index in [1.54, 1.807) is 30.3 Å². The molecular formula is C15H18N2O4S. The molecular weight excluding hydrogens is 304 g/mol. The monoisotopic (exact) mass is 322 g/mol. The molecule has 0 heterocycles. The van der Waals surface area contributed by atoms with E-state index in [0.29, 0.717) is 16.5 Å². The van der Waals surface area contributed by atoms with Crippen LogP contribution in [0.5, 0.6) is 5.75 Å². The third-order valence-electron chi connectivity index (χ3n) is 3.32. The van der Waals surface area contributed by atoms with Crippen LogP contribution in [-0.2, 0) is 14.8 Å². The number of ether oxygens (including phenoxy) is 1. The van der Waals surface area contributed by atoms with Gasteiger partial charge in [-0.1, -0.05) is 24.3 Å². The van der Waals surface area contributed by atoms with Gasteiger partial charge in [-0.2, -0.15) is 4.72 Å². The molecule has 2 rings (SSSR count). The van der Waals surface area contributed by atoms with Crippen LogP contribution in [0.15, 0.2) is 41.3 Å². The average molecular weight is 322 g/mol. The van der Waals surface area contributed by atoms with Crippen molar-refractivity contribution in [2.24, 2.45) is 0 Å². The maximum atomic E-state index is 12.5. The van der Waals surface area contributed by atoms with Crippen LogP contribution in [0.2, 0.25) is 0 Å². The Hall–Kier alpha value is -2.12. The van der Waals surface area contributed by atoms with Crippen LogP contribution < -0.4 is 14.8 Å². The van der Waals surface area contributed by atoms with Crippen molar-refractivity contribution < 1.29 is 17.9 Å². The first-order chi connectivity index (χ1) is 10.4. The molecule has 22 heavy (non-hydrogen) atoms. The van der Waals surface area contributed by atoms with Crippen molar-refractivity contribution in [1.82, 2.24) is 10.0 Å². The zero-order chi connectivity index (χ0) is 16.3. The van der Waals surface area contributed by atoms with Crippen LogP contribution in [-0.4, -0.2) is 34.5 Å². The summed E-state index contributed by atoms with van der Waals surface area (Å²) >= 11 is 0. The minimum absolute atomic E-state index is 0.111. The summed E-state index contributed by atoms with van der Waals surface area (Å²) in [4.78, 5) is 11.6. The number of carbonyl (C=O) groups excluding carboxylic acids is 1. The number of likely N-dealkylation sites (N-methyl/N-ethyl adjacent to an activating group) is 1. The van der Waals surface area contributed by atoms with Gasteiger partial charge in [0.25, 0.3) is 0 Å². The molecule has 1 amide bonds. The summed E-state index contributed by atoms with van der Waals surface area (Å²) in [6.07, 6.45) is 0. The highest BCUT2D eigenvalue weighted by molar-refractivity contribution is 7.89. The van der Waals surface area contributed by atoms with Crippen molar-refractivity contribution in [3.8, 4) is 5.75 Å². The molecule has 0 aliphatic rings. The first-order valence-electron chi connectivity index (χ1n) is 6.70. The Labute approximate surface area is 129 Å². The van der Waals surface area contributed by atoms with Crippen LogP contribution in [0.25, 0.3) is 10.8 Å². The van der Waals surface area contributed by atoms with Crippen molar-refractivity contribution in [2.45, 2.75) is 17.9 Å². The third-order valence-corrected chi connectivity index (χ3v) is 4.92. The first kappa shape index (κ1) is 16.3. The summed E-state index contributed by atoms with van der Waals surface area (Å²) in [5.41, 5.74) is 0. The van der Waals surface area contributed by atoms with Crippen LogP contribution in [0.3, 0.4) is 0 Å². The van der Waals surface area contributed by atoms with E-state index in [2.05, 4.69) is 10.0 Å². The lowest BCUT2D eigenvalue weighted by Gasteiger charge is -2.15. The van der Waals surface area contributed by atoms with E-state index in [0.717, 1.165) is 0 Å². The largest absolute Gasteiger partial charge is 0.496 e. The molecule has 0 fully saturated rings. The van der Waals surface area contributed by atoms with Gasteiger partial charge in [0.1, 0.15) is 5.75 Å². The van der Waals surface area contributed by atoms with Crippen molar-refractivity contribution in [3.05, 3.63) is 36.4 Å². The number of benzene rings is 2. The van der Waals surface area contributed by atoms with E-state index in [-0.39, 0.29) is 4.90 Å². The Kier molecular flexibility index (Phi) is 4.68. The van der Waals surface area contributed by atoms with E-state index in [4.69, 9.17) is 4.74 Å². The summed E-state index contributed by atoms with van der Waals surface area (Å²) in [5, 5.41) is 3.64. The predicted molar refractivity (Wildman–Crippen MR) is 84.4 cm³/mol. The summed E-state index contributed by atoms with van der Waals surface area (Å²) in [5.74, 6) is 0.190. The van der Waals surface area contributed by atoms with Gasteiger partial charge in [-0.3, -0.25) is 4.79 Å². The van der Waals surface area contributed by atoms with E-state index < -0.39 is 22.0 Å². The van der Waals surface area contributed by atoms with Crippen molar-refractivity contribution >= 4 is 26.7 Å². The van der Waals surface area contributed by atoms with Crippen molar-refractivity contribution in [2.75, 3.05) is 14.2 Å². The number of fused-ring (bicyclic) bond motifs is 1. The second kappa shape index (κ2) is 6.33. The van der Waals surface area contributed by atoms with Crippen LogP contribution in [0.4, 0.5) is 0 Å². The van der Waals surface area contributed by atoms with E-state index in [9.17, 15) is 13.2 Å². The smallest absolute Gasteiger partial charge is 0.241 e. The minimum Gasteiger partial charge on any atom is -0.496 e. The summed E-state index contributed by atoms with van der Waals surface area (Å²) in [6.45, 7) is 1.49. The van der Waals surface area contributed by atoms with E-state index in [1.165, 1.54) is 27.1 Å². The van der Waals surface area contributed by atoms with Gasteiger partial charge >= 0.3 is 0 Å². The molecule has 6 nitrogen and oxygen atoms in total. The molecule has 0 aliphatic heterocycles.